The maximum absolute atomic E-state index is 12.3. The fourth-order valence-electron chi connectivity index (χ4n) is 2.11. The van der Waals surface area contributed by atoms with Crippen LogP contribution in [-0.2, 0) is 4.74 Å². The lowest BCUT2D eigenvalue weighted by atomic mass is 10.1. The number of nitrogens with one attached hydrogen (secondary N) is 2. The number of nitrogens with zero attached hydrogens (tertiary/aromatic N) is 1. The average molecular weight is 364 g/mol. The molecule has 0 saturated carbocycles. The van der Waals surface area contributed by atoms with Crippen molar-refractivity contribution in [2.45, 2.75) is 0 Å². The number of benzene rings is 2. The van der Waals surface area contributed by atoms with Gasteiger partial charge in [0.15, 0.2) is 0 Å². The number of cyclic esters (lactones) is 1. The number of hydrogen-bond donors (Lipinski definition) is 2. The number of ether oxygens (including phenoxy) is 1. The van der Waals surface area contributed by atoms with Crippen molar-refractivity contribution in [3.8, 4) is 0 Å². The predicted molar refractivity (Wildman–Crippen MR) is 91.9 cm³/mol. The van der Waals surface area contributed by atoms with Crippen LogP contribution in [0.5, 0.6) is 0 Å². The molecule has 0 atom stereocenters. The van der Waals surface area contributed by atoms with E-state index in [1.165, 1.54) is 0 Å². The molecule has 3 rings (SSSR count). The smallest absolute Gasteiger partial charge is 0.428 e. The molecule has 0 aromatic heterocycles. The lowest BCUT2D eigenvalue weighted by molar-refractivity contribution is 0.102. The zero-order chi connectivity index (χ0) is 17.1. The fraction of sp³-hybridized carbons (Fsp3) is 0.0625. The van der Waals surface area contributed by atoms with E-state index >= 15 is 0 Å². The Kier molecular flexibility index (Phi) is 4.69. The van der Waals surface area contributed by atoms with E-state index in [-0.39, 0.29) is 22.2 Å². The number of hydrazone groups is 1. The Morgan fingerprint density at radius 2 is 1.79 bits per heavy atom. The number of carbonyl (C=O) groups is 2. The maximum atomic E-state index is 12.3. The molecule has 0 aliphatic carbocycles. The Bertz CT molecular complexity index is 815. The molecule has 0 bridgehead atoms. The summed E-state index contributed by atoms with van der Waals surface area (Å²) < 4.78 is 4.84. The van der Waals surface area contributed by atoms with Crippen LogP contribution in [-0.4, -0.2) is 24.3 Å². The fourth-order valence-corrected chi connectivity index (χ4v) is 2.68. The van der Waals surface area contributed by atoms with Crippen molar-refractivity contribution >= 4 is 46.6 Å². The molecule has 1 aliphatic rings. The molecule has 2 amide bonds. The minimum absolute atomic E-state index is 0.0900. The third-order valence-corrected chi connectivity index (χ3v) is 3.92. The molecular weight excluding hydrogens is 353 g/mol. The number of amides is 2. The topological polar surface area (TPSA) is 79.8 Å². The standard InChI is InChI=1S/C16H11Cl2N3O3/c17-11-2-1-3-12(18)14(11)15(22)19-10-6-4-9(5-7-10)13-8-24-16(23)21-20-13/h1-7H,8H2,(H,19,22)(H,21,23). The normalized spacial score (nSPS) is 13.6. The van der Waals surface area contributed by atoms with E-state index in [9.17, 15) is 9.59 Å². The molecule has 2 aromatic rings. The molecule has 6 nitrogen and oxygen atoms in total. The van der Waals surface area contributed by atoms with Gasteiger partial charge in [0.1, 0.15) is 12.3 Å². The lowest BCUT2D eigenvalue weighted by Gasteiger charge is -2.13. The van der Waals surface area contributed by atoms with E-state index < -0.39 is 12.0 Å². The summed E-state index contributed by atoms with van der Waals surface area (Å²) in [4.78, 5) is 23.2. The van der Waals surface area contributed by atoms with Crippen LogP contribution in [0.4, 0.5) is 10.5 Å². The van der Waals surface area contributed by atoms with Gasteiger partial charge in [-0.05, 0) is 24.3 Å². The highest BCUT2D eigenvalue weighted by Crippen LogP contribution is 2.25. The van der Waals surface area contributed by atoms with E-state index in [2.05, 4.69) is 15.8 Å². The van der Waals surface area contributed by atoms with Crippen molar-refractivity contribution in [2.75, 3.05) is 11.9 Å². The molecule has 8 heteroatoms. The first-order valence-electron chi connectivity index (χ1n) is 6.90. The van der Waals surface area contributed by atoms with Gasteiger partial charge in [0.05, 0.1) is 15.6 Å². The summed E-state index contributed by atoms with van der Waals surface area (Å²) in [5.74, 6) is -0.399. The number of rotatable bonds is 3. The zero-order valence-electron chi connectivity index (χ0n) is 12.2. The van der Waals surface area contributed by atoms with Crippen LogP contribution in [0, 0.1) is 0 Å². The van der Waals surface area contributed by atoms with Gasteiger partial charge in [-0.25, -0.2) is 10.2 Å². The van der Waals surface area contributed by atoms with Crippen LogP contribution in [0.1, 0.15) is 15.9 Å². The van der Waals surface area contributed by atoms with Gasteiger partial charge in [-0.15, -0.1) is 0 Å². The van der Waals surface area contributed by atoms with Crippen LogP contribution in [0.15, 0.2) is 47.6 Å². The summed E-state index contributed by atoms with van der Waals surface area (Å²) in [6.07, 6.45) is -0.584. The predicted octanol–water partition coefficient (Wildman–Crippen LogP) is 3.69. The number of halogens is 2. The van der Waals surface area contributed by atoms with Crippen molar-refractivity contribution in [1.82, 2.24) is 5.43 Å². The Morgan fingerprint density at radius 1 is 1.12 bits per heavy atom. The number of carbonyl (C=O) groups excluding carboxylic acids is 2. The molecule has 0 radical (unpaired) electrons. The monoisotopic (exact) mass is 363 g/mol. The third-order valence-electron chi connectivity index (χ3n) is 3.29. The van der Waals surface area contributed by atoms with Crippen molar-refractivity contribution in [3.05, 3.63) is 63.6 Å². The van der Waals surface area contributed by atoms with Gasteiger partial charge in [0, 0.05) is 11.3 Å². The van der Waals surface area contributed by atoms with Gasteiger partial charge in [-0.1, -0.05) is 41.4 Å². The second-order valence-electron chi connectivity index (χ2n) is 4.87. The second-order valence-corrected chi connectivity index (χ2v) is 5.69. The summed E-state index contributed by atoms with van der Waals surface area (Å²) in [6, 6.07) is 11.8. The lowest BCUT2D eigenvalue weighted by Crippen LogP contribution is -2.30. The first-order valence-corrected chi connectivity index (χ1v) is 7.65. The first kappa shape index (κ1) is 16.3. The molecule has 0 unspecified atom stereocenters. The highest BCUT2D eigenvalue weighted by atomic mass is 35.5. The van der Waals surface area contributed by atoms with Crippen molar-refractivity contribution in [1.29, 1.82) is 0 Å². The highest BCUT2D eigenvalue weighted by Gasteiger charge is 2.16. The molecule has 24 heavy (non-hydrogen) atoms. The third kappa shape index (κ3) is 3.50. The molecule has 122 valence electrons. The van der Waals surface area contributed by atoms with Gasteiger partial charge in [-0.3, -0.25) is 4.79 Å². The van der Waals surface area contributed by atoms with Crippen LogP contribution in [0.2, 0.25) is 10.0 Å². The van der Waals surface area contributed by atoms with Crippen molar-refractivity contribution in [3.63, 3.8) is 0 Å². The maximum Gasteiger partial charge on any atom is 0.428 e. The van der Waals surface area contributed by atoms with Crippen LogP contribution in [0.25, 0.3) is 0 Å². The Labute approximate surface area is 147 Å². The summed E-state index contributed by atoms with van der Waals surface area (Å²) in [5.41, 5.74) is 4.38. The van der Waals surface area contributed by atoms with Crippen LogP contribution in [0.3, 0.4) is 0 Å². The van der Waals surface area contributed by atoms with Crippen molar-refractivity contribution < 1.29 is 14.3 Å². The molecule has 2 N–H and O–H groups in total. The number of hydrogen-bond acceptors (Lipinski definition) is 4. The molecule has 1 heterocycles. The van der Waals surface area contributed by atoms with E-state index in [0.29, 0.717) is 11.4 Å². The summed E-state index contributed by atoms with van der Waals surface area (Å²) in [7, 11) is 0. The van der Waals surface area contributed by atoms with Gasteiger partial charge < -0.3 is 10.1 Å². The Morgan fingerprint density at radius 3 is 2.38 bits per heavy atom. The Balaban J connectivity index is 1.75. The molecule has 1 aliphatic heterocycles. The van der Waals surface area contributed by atoms with Gasteiger partial charge in [0.25, 0.3) is 5.91 Å². The first-order chi connectivity index (χ1) is 11.5. The second kappa shape index (κ2) is 6.90. The summed E-state index contributed by atoms with van der Waals surface area (Å²) in [5, 5.41) is 7.20. The van der Waals surface area contributed by atoms with Gasteiger partial charge in [-0.2, -0.15) is 5.10 Å². The number of anilines is 1. The zero-order valence-corrected chi connectivity index (χ0v) is 13.7. The van der Waals surface area contributed by atoms with E-state index in [1.807, 2.05) is 0 Å². The summed E-state index contributed by atoms with van der Waals surface area (Å²) >= 11 is 12.0. The largest absolute Gasteiger partial charge is 0.442 e. The molecule has 0 saturated heterocycles. The van der Waals surface area contributed by atoms with E-state index in [4.69, 9.17) is 27.9 Å². The minimum atomic E-state index is -0.584. The van der Waals surface area contributed by atoms with Gasteiger partial charge in [0.2, 0.25) is 0 Å². The quantitative estimate of drug-likeness (QED) is 0.872. The molecule has 2 aromatic carbocycles. The average Bonchev–Trinajstić information content (AvgIpc) is 2.56. The van der Waals surface area contributed by atoms with Crippen LogP contribution >= 0.6 is 23.2 Å². The Hall–Kier alpha value is -2.57. The van der Waals surface area contributed by atoms with Gasteiger partial charge >= 0.3 is 6.09 Å². The van der Waals surface area contributed by atoms with E-state index in [1.54, 1.807) is 42.5 Å². The molecule has 0 spiro atoms. The highest BCUT2D eigenvalue weighted by molar-refractivity contribution is 6.40. The summed E-state index contributed by atoms with van der Waals surface area (Å²) in [6.45, 7) is 0.0900. The van der Waals surface area contributed by atoms with Crippen molar-refractivity contribution in [2.24, 2.45) is 5.10 Å². The molecular formula is C16H11Cl2N3O3. The SMILES string of the molecule is O=C1NN=C(c2ccc(NC(=O)c3c(Cl)cccc3Cl)cc2)CO1. The minimum Gasteiger partial charge on any atom is -0.442 e. The van der Waals surface area contributed by atoms with Crippen LogP contribution < -0.4 is 10.7 Å². The molecule has 0 fully saturated rings. The van der Waals surface area contributed by atoms with E-state index in [0.717, 1.165) is 5.56 Å².